The highest BCUT2D eigenvalue weighted by molar-refractivity contribution is 8.15. The van der Waals surface area contributed by atoms with E-state index >= 15 is 0 Å². The van der Waals surface area contributed by atoms with E-state index in [0.717, 1.165) is 11.0 Å². The molecule has 2 aromatic rings. The molecule has 4 nitrogen and oxygen atoms in total. The number of nitrogens with zero attached hydrogens (tertiary/aromatic N) is 3. The van der Waals surface area contributed by atoms with Crippen molar-refractivity contribution in [2.75, 3.05) is 23.3 Å². The van der Waals surface area contributed by atoms with E-state index < -0.39 is 6.42 Å². The monoisotopic (exact) mass is 397 g/mol. The molecule has 2 aromatic carbocycles. The topological polar surface area (TPSA) is 28.1 Å². The maximum atomic E-state index is 6.27. The largest absolute Gasteiger partial charge is 0.346 e. The van der Waals surface area contributed by atoms with Crippen molar-refractivity contribution in [3.05, 3.63) is 71.2 Å². The highest BCUT2D eigenvalue weighted by Gasteiger charge is 2.46. The molecule has 4 rings (SSSR count). The third-order valence-electron chi connectivity index (χ3n) is 5.24. The Morgan fingerprint density at radius 2 is 1.74 bits per heavy atom. The van der Waals surface area contributed by atoms with Gasteiger partial charge in [-0.15, -0.1) is 0 Å². The Bertz CT molecular complexity index is 984. The Balaban J connectivity index is 1.91. The zero-order valence-electron chi connectivity index (χ0n) is 16.1. The fraction of sp³-hybridized carbons (Fsp3) is 0.286. The van der Waals surface area contributed by atoms with Crippen LogP contribution < -0.4 is 9.68 Å². The molecule has 0 aliphatic carbocycles. The molecule has 1 atom stereocenters. The first-order valence-electron chi connectivity index (χ1n) is 9.14. The lowest BCUT2D eigenvalue weighted by Crippen LogP contribution is -2.26. The van der Waals surface area contributed by atoms with Crippen LogP contribution in [0.25, 0.3) is 0 Å². The minimum absolute atomic E-state index is 0.166. The standard InChI is InChI=1S/C21H24N3OPS/c1-5-25-26(27)19(15-22-24(26)16-11-7-6-8-12-16)20-21(2,3)17-13-9-10-14-18(17)23(20)4/h6-15H,5H2,1-4H3/b20-19-. The average Bonchev–Trinajstić information content (AvgIpc) is 3.08. The fourth-order valence-corrected chi connectivity index (χ4v) is 7.53. The molecule has 0 radical (unpaired) electrons. The van der Waals surface area contributed by atoms with Gasteiger partial charge < -0.3 is 9.42 Å². The van der Waals surface area contributed by atoms with E-state index in [9.17, 15) is 0 Å². The number of likely N-dealkylation sites (N-methyl/N-ethyl adjacent to an activating group) is 1. The molecule has 2 aliphatic rings. The van der Waals surface area contributed by atoms with Crippen molar-refractivity contribution in [1.29, 1.82) is 0 Å². The van der Waals surface area contributed by atoms with E-state index in [1.54, 1.807) is 0 Å². The molecule has 2 heterocycles. The van der Waals surface area contributed by atoms with Gasteiger partial charge in [0.1, 0.15) is 0 Å². The SMILES string of the molecule is CCOP1(=S)/C(=C2\N(C)c3ccccc3C2(C)C)C=NN1c1ccccc1. The number of benzene rings is 2. The summed E-state index contributed by atoms with van der Waals surface area (Å²) in [6.45, 7) is 7.05. The van der Waals surface area contributed by atoms with E-state index in [4.69, 9.17) is 21.4 Å². The van der Waals surface area contributed by atoms with Crippen molar-refractivity contribution < 1.29 is 4.52 Å². The summed E-state index contributed by atoms with van der Waals surface area (Å²) in [7, 11) is 2.11. The maximum Gasteiger partial charge on any atom is 0.209 e. The summed E-state index contributed by atoms with van der Waals surface area (Å²) in [6.07, 6.45) is -0.605. The van der Waals surface area contributed by atoms with Crippen LogP contribution in [0.2, 0.25) is 0 Å². The molecule has 6 heteroatoms. The van der Waals surface area contributed by atoms with Crippen LogP contribution in [0.15, 0.2) is 70.7 Å². The summed E-state index contributed by atoms with van der Waals surface area (Å²) in [4.78, 5) is 2.26. The summed E-state index contributed by atoms with van der Waals surface area (Å²) >= 11 is 6.20. The highest BCUT2D eigenvalue weighted by atomic mass is 32.4. The van der Waals surface area contributed by atoms with Crippen molar-refractivity contribution in [3.8, 4) is 0 Å². The summed E-state index contributed by atoms with van der Waals surface area (Å²) < 4.78 is 8.18. The predicted octanol–water partition coefficient (Wildman–Crippen LogP) is 5.48. The number of hydrogen-bond donors (Lipinski definition) is 0. The summed E-state index contributed by atoms with van der Waals surface area (Å²) in [5.41, 5.74) is 4.51. The number of fused-ring (bicyclic) bond motifs is 1. The molecule has 140 valence electrons. The Morgan fingerprint density at radius 1 is 1.07 bits per heavy atom. The highest BCUT2D eigenvalue weighted by Crippen LogP contribution is 2.66. The molecular weight excluding hydrogens is 373 g/mol. The van der Waals surface area contributed by atoms with E-state index in [0.29, 0.717) is 6.61 Å². The first-order valence-corrected chi connectivity index (χ1v) is 11.8. The average molecular weight is 397 g/mol. The molecule has 0 fully saturated rings. The summed E-state index contributed by atoms with van der Waals surface area (Å²) in [5.74, 6) is 0. The van der Waals surface area contributed by atoms with Crippen molar-refractivity contribution >= 4 is 35.8 Å². The molecule has 0 saturated carbocycles. The van der Waals surface area contributed by atoms with E-state index in [-0.39, 0.29) is 5.41 Å². The molecule has 0 saturated heterocycles. The van der Waals surface area contributed by atoms with Crippen LogP contribution in [-0.4, -0.2) is 19.9 Å². The van der Waals surface area contributed by atoms with E-state index in [2.05, 4.69) is 50.1 Å². The van der Waals surface area contributed by atoms with Gasteiger partial charge in [-0.05, 0) is 42.5 Å². The van der Waals surface area contributed by atoms with Gasteiger partial charge in [0.25, 0.3) is 0 Å². The zero-order valence-corrected chi connectivity index (χ0v) is 17.8. The van der Waals surface area contributed by atoms with Gasteiger partial charge in [0.05, 0.1) is 23.8 Å². The minimum atomic E-state index is -2.52. The predicted molar refractivity (Wildman–Crippen MR) is 118 cm³/mol. The third kappa shape index (κ3) is 2.68. The summed E-state index contributed by atoms with van der Waals surface area (Å²) in [5, 5.41) is 5.74. The first-order chi connectivity index (χ1) is 12.9. The lowest BCUT2D eigenvalue weighted by molar-refractivity contribution is 0.379. The van der Waals surface area contributed by atoms with E-state index in [1.807, 2.05) is 48.2 Å². The second-order valence-electron chi connectivity index (χ2n) is 7.24. The normalized spacial score (nSPS) is 25.9. The number of allylic oxidation sites excluding steroid dienone is 2. The Kier molecular flexibility index (Phi) is 4.50. The maximum absolute atomic E-state index is 6.27. The Labute approximate surface area is 166 Å². The van der Waals surface area contributed by atoms with Gasteiger partial charge in [0.15, 0.2) is 0 Å². The first kappa shape index (κ1) is 18.4. The molecule has 0 N–H and O–H groups in total. The number of rotatable bonds is 3. The number of para-hydroxylation sites is 2. The van der Waals surface area contributed by atoms with Gasteiger partial charge in [0.2, 0.25) is 6.42 Å². The van der Waals surface area contributed by atoms with Crippen molar-refractivity contribution in [2.45, 2.75) is 26.2 Å². The van der Waals surface area contributed by atoms with E-state index in [1.165, 1.54) is 16.9 Å². The molecule has 1 unspecified atom stereocenters. The fourth-order valence-electron chi connectivity index (χ4n) is 4.08. The molecular formula is C21H24N3OPS. The van der Waals surface area contributed by atoms with Crippen LogP contribution in [0.4, 0.5) is 11.4 Å². The minimum Gasteiger partial charge on any atom is -0.346 e. The van der Waals surface area contributed by atoms with Gasteiger partial charge >= 0.3 is 0 Å². The molecule has 0 bridgehead atoms. The van der Waals surface area contributed by atoms with Gasteiger partial charge in [0, 0.05) is 23.8 Å². The Morgan fingerprint density at radius 3 is 2.41 bits per heavy atom. The van der Waals surface area contributed by atoms with Crippen LogP contribution >= 0.6 is 6.42 Å². The van der Waals surface area contributed by atoms with Crippen LogP contribution in [0.5, 0.6) is 0 Å². The van der Waals surface area contributed by atoms with Crippen LogP contribution in [0, 0.1) is 0 Å². The van der Waals surface area contributed by atoms with Crippen LogP contribution in [0.3, 0.4) is 0 Å². The van der Waals surface area contributed by atoms with Crippen LogP contribution in [0.1, 0.15) is 26.3 Å². The van der Waals surface area contributed by atoms with Crippen LogP contribution in [-0.2, 0) is 21.7 Å². The van der Waals surface area contributed by atoms with Crippen molar-refractivity contribution in [2.24, 2.45) is 5.10 Å². The zero-order chi connectivity index (χ0) is 19.2. The van der Waals surface area contributed by atoms with Gasteiger partial charge in [-0.1, -0.05) is 50.2 Å². The summed E-state index contributed by atoms with van der Waals surface area (Å²) in [6, 6.07) is 18.6. The third-order valence-corrected chi connectivity index (χ3v) is 8.99. The Hall–Kier alpha value is -1.94. The molecule has 0 spiro atoms. The number of hydrazone groups is 1. The number of anilines is 2. The lowest BCUT2D eigenvalue weighted by Gasteiger charge is -2.32. The van der Waals surface area contributed by atoms with Crippen molar-refractivity contribution in [3.63, 3.8) is 0 Å². The lowest BCUT2D eigenvalue weighted by atomic mass is 9.84. The molecule has 2 aliphatic heterocycles. The van der Waals surface area contributed by atoms with Crippen molar-refractivity contribution in [1.82, 2.24) is 0 Å². The van der Waals surface area contributed by atoms with Gasteiger partial charge in [-0.3, -0.25) is 0 Å². The quantitative estimate of drug-likeness (QED) is 0.642. The molecule has 0 amide bonds. The molecule has 27 heavy (non-hydrogen) atoms. The smallest absolute Gasteiger partial charge is 0.209 e. The second kappa shape index (κ2) is 6.59. The number of hydrogen-bond acceptors (Lipinski definition) is 4. The van der Waals surface area contributed by atoms with Gasteiger partial charge in [-0.2, -0.15) is 5.10 Å². The molecule has 0 aromatic heterocycles. The van der Waals surface area contributed by atoms with Gasteiger partial charge in [-0.25, -0.2) is 4.78 Å². The second-order valence-corrected chi connectivity index (χ2v) is 10.9.